The van der Waals surface area contributed by atoms with E-state index < -0.39 is 10.0 Å². The summed E-state index contributed by atoms with van der Waals surface area (Å²) in [4.78, 5) is 17.3. The van der Waals surface area contributed by atoms with Gasteiger partial charge in [0.05, 0.1) is 10.9 Å². The van der Waals surface area contributed by atoms with Crippen LogP contribution in [0.25, 0.3) is 0 Å². The Morgan fingerprint density at radius 2 is 1.69 bits per heavy atom. The number of carbonyl (C=O) groups excluding carboxylic acids is 1. The highest BCUT2D eigenvalue weighted by Gasteiger charge is 2.30. The maximum absolute atomic E-state index is 13.1. The molecule has 3 rings (SSSR count). The first kappa shape index (κ1) is 18.6. The van der Waals surface area contributed by atoms with Gasteiger partial charge in [0.15, 0.2) is 0 Å². The van der Waals surface area contributed by atoms with Crippen molar-refractivity contribution in [1.29, 1.82) is 0 Å². The van der Waals surface area contributed by atoms with Crippen LogP contribution >= 0.6 is 0 Å². The van der Waals surface area contributed by atoms with Gasteiger partial charge in [-0.3, -0.25) is 4.79 Å². The molecule has 7 heteroatoms. The third-order valence-electron chi connectivity index (χ3n) is 4.71. The van der Waals surface area contributed by atoms with Crippen molar-refractivity contribution in [2.45, 2.75) is 10.9 Å². The zero-order valence-corrected chi connectivity index (χ0v) is 15.7. The van der Waals surface area contributed by atoms with Crippen molar-refractivity contribution in [1.82, 2.24) is 14.5 Å². The predicted molar refractivity (Wildman–Crippen MR) is 100 cm³/mol. The van der Waals surface area contributed by atoms with Gasteiger partial charge >= 0.3 is 0 Å². The van der Waals surface area contributed by atoms with Gasteiger partial charge in [-0.1, -0.05) is 30.3 Å². The molecular formula is C19H23N3O3S. The van der Waals surface area contributed by atoms with Gasteiger partial charge in [0.2, 0.25) is 10.0 Å². The van der Waals surface area contributed by atoms with Crippen LogP contribution in [0.15, 0.2) is 59.5 Å². The lowest BCUT2D eigenvalue weighted by Crippen LogP contribution is -2.49. The van der Waals surface area contributed by atoms with Gasteiger partial charge in [0.1, 0.15) is 0 Å². The summed E-state index contributed by atoms with van der Waals surface area (Å²) in [6.07, 6.45) is 0. The van der Waals surface area contributed by atoms with Crippen molar-refractivity contribution in [2.24, 2.45) is 0 Å². The molecule has 1 saturated heterocycles. The van der Waals surface area contributed by atoms with Gasteiger partial charge in [0.25, 0.3) is 5.91 Å². The highest BCUT2D eigenvalue weighted by molar-refractivity contribution is 7.89. The van der Waals surface area contributed by atoms with Crippen molar-refractivity contribution >= 4 is 15.9 Å². The Morgan fingerprint density at radius 1 is 1.04 bits per heavy atom. The topological polar surface area (TPSA) is 69.7 Å². The standard InChI is InChI=1S/C19H23N3O3S/c1-20-26(24,25)17-10-8-16(9-11-17)19(23)22-13-12-21(2)14-18(22)15-6-4-3-5-7-15/h3-11,18,20H,12-14H2,1-2H3. The molecule has 0 spiro atoms. The number of rotatable bonds is 4. The number of sulfonamides is 1. The summed E-state index contributed by atoms with van der Waals surface area (Å²) in [5.74, 6) is -0.0830. The van der Waals surface area contributed by atoms with E-state index >= 15 is 0 Å². The quantitative estimate of drug-likeness (QED) is 0.886. The second kappa shape index (κ2) is 7.57. The number of hydrogen-bond donors (Lipinski definition) is 1. The lowest BCUT2D eigenvalue weighted by Gasteiger charge is -2.40. The highest BCUT2D eigenvalue weighted by Crippen LogP contribution is 2.26. The molecule has 2 aromatic rings. The van der Waals surface area contributed by atoms with Gasteiger partial charge in [-0.25, -0.2) is 13.1 Å². The van der Waals surface area contributed by atoms with E-state index in [1.807, 2.05) is 35.2 Å². The number of piperazine rings is 1. The molecule has 0 saturated carbocycles. The molecule has 0 radical (unpaired) electrons. The normalized spacial score (nSPS) is 18.7. The van der Waals surface area contributed by atoms with E-state index in [0.29, 0.717) is 12.1 Å². The number of likely N-dealkylation sites (N-methyl/N-ethyl adjacent to an activating group) is 1. The van der Waals surface area contributed by atoms with Crippen LogP contribution in [0.1, 0.15) is 22.0 Å². The molecule has 26 heavy (non-hydrogen) atoms. The number of nitrogens with one attached hydrogen (secondary N) is 1. The van der Waals surface area contributed by atoms with Crippen molar-refractivity contribution in [2.75, 3.05) is 33.7 Å². The molecule has 0 bridgehead atoms. The van der Waals surface area contributed by atoms with Gasteiger partial charge < -0.3 is 9.80 Å². The monoisotopic (exact) mass is 373 g/mol. The molecule has 1 aliphatic heterocycles. The van der Waals surface area contributed by atoms with Crippen LogP contribution in [0.2, 0.25) is 0 Å². The summed E-state index contributed by atoms with van der Waals surface area (Å²) in [5.41, 5.74) is 1.59. The number of amides is 1. The molecule has 1 heterocycles. The third-order valence-corrected chi connectivity index (χ3v) is 6.14. The van der Waals surface area contributed by atoms with Crippen molar-refractivity contribution < 1.29 is 13.2 Å². The third kappa shape index (κ3) is 3.80. The zero-order chi connectivity index (χ0) is 18.7. The average molecular weight is 373 g/mol. The highest BCUT2D eigenvalue weighted by atomic mass is 32.2. The molecule has 1 unspecified atom stereocenters. The number of hydrogen-bond acceptors (Lipinski definition) is 4. The maximum atomic E-state index is 13.1. The summed E-state index contributed by atoms with van der Waals surface area (Å²) in [6, 6.07) is 16.0. The summed E-state index contributed by atoms with van der Waals surface area (Å²) in [6.45, 7) is 2.20. The summed E-state index contributed by atoms with van der Waals surface area (Å²) < 4.78 is 26.0. The number of benzene rings is 2. The summed E-state index contributed by atoms with van der Waals surface area (Å²) in [7, 11) is -0.0932. The number of nitrogens with zero attached hydrogens (tertiary/aromatic N) is 2. The Balaban J connectivity index is 1.87. The van der Waals surface area contributed by atoms with Crippen LogP contribution in [0.5, 0.6) is 0 Å². The smallest absolute Gasteiger partial charge is 0.254 e. The summed E-state index contributed by atoms with van der Waals surface area (Å²) in [5, 5.41) is 0. The Kier molecular flexibility index (Phi) is 5.41. The first-order chi connectivity index (χ1) is 12.4. The maximum Gasteiger partial charge on any atom is 0.254 e. The van der Waals surface area contributed by atoms with E-state index in [0.717, 1.165) is 18.7 Å². The average Bonchev–Trinajstić information content (AvgIpc) is 2.68. The summed E-state index contributed by atoms with van der Waals surface area (Å²) >= 11 is 0. The SMILES string of the molecule is CNS(=O)(=O)c1ccc(C(=O)N2CCN(C)CC2c2ccccc2)cc1. The minimum Gasteiger partial charge on any atom is -0.329 e. The van der Waals surface area contributed by atoms with Crippen LogP contribution in [0, 0.1) is 0 Å². The van der Waals surface area contributed by atoms with E-state index in [1.54, 1.807) is 12.1 Å². The van der Waals surface area contributed by atoms with Crippen LogP contribution < -0.4 is 4.72 Å². The van der Waals surface area contributed by atoms with Crippen LogP contribution in [-0.4, -0.2) is 57.9 Å². The van der Waals surface area contributed by atoms with Crippen molar-refractivity contribution in [3.63, 3.8) is 0 Å². The molecule has 1 atom stereocenters. The van der Waals surface area contributed by atoms with Crippen molar-refractivity contribution in [3.8, 4) is 0 Å². The molecule has 1 amide bonds. The van der Waals surface area contributed by atoms with E-state index in [9.17, 15) is 13.2 Å². The molecule has 1 N–H and O–H groups in total. The lowest BCUT2D eigenvalue weighted by atomic mass is 10.0. The molecule has 6 nitrogen and oxygen atoms in total. The fraction of sp³-hybridized carbons (Fsp3) is 0.316. The molecular weight excluding hydrogens is 350 g/mol. The first-order valence-corrected chi connectivity index (χ1v) is 9.99. The largest absolute Gasteiger partial charge is 0.329 e. The molecule has 2 aromatic carbocycles. The molecule has 0 aromatic heterocycles. The van der Waals surface area contributed by atoms with Gasteiger partial charge in [-0.2, -0.15) is 0 Å². The fourth-order valence-corrected chi connectivity index (χ4v) is 3.91. The van der Waals surface area contributed by atoms with Gasteiger partial charge in [-0.05, 0) is 43.9 Å². The Labute approximate surface area is 154 Å². The lowest BCUT2D eigenvalue weighted by molar-refractivity contribution is 0.0498. The Hall–Kier alpha value is -2.22. The van der Waals surface area contributed by atoms with E-state index in [-0.39, 0.29) is 16.8 Å². The van der Waals surface area contributed by atoms with E-state index in [4.69, 9.17) is 0 Å². The Morgan fingerprint density at radius 3 is 2.31 bits per heavy atom. The van der Waals surface area contributed by atoms with Crippen LogP contribution in [0.4, 0.5) is 0 Å². The fourth-order valence-electron chi connectivity index (χ4n) is 3.18. The van der Waals surface area contributed by atoms with Crippen LogP contribution in [-0.2, 0) is 10.0 Å². The Bertz CT molecular complexity index is 867. The molecule has 1 fully saturated rings. The molecule has 1 aliphatic rings. The van der Waals surface area contributed by atoms with Crippen LogP contribution in [0.3, 0.4) is 0 Å². The molecule has 138 valence electrons. The molecule has 0 aliphatic carbocycles. The van der Waals surface area contributed by atoms with Gasteiger partial charge in [-0.15, -0.1) is 0 Å². The zero-order valence-electron chi connectivity index (χ0n) is 14.9. The second-order valence-electron chi connectivity index (χ2n) is 6.42. The minimum absolute atomic E-state index is 0.0248. The predicted octanol–water partition coefficient (Wildman–Crippen LogP) is 1.72. The number of carbonyl (C=O) groups is 1. The van der Waals surface area contributed by atoms with E-state index in [1.165, 1.54) is 19.2 Å². The first-order valence-electron chi connectivity index (χ1n) is 8.50. The van der Waals surface area contributed by atoms with Gasteiger partial charge in [0, 0.05) is 25.2 Å². The van der Waals surface area contributed by atoms with E-state index in [2.05, 4.69) is 16.7 Å². The minimum atomic E-state index is -3.51. The second-order valence-corrected chi connectivity index (χ2v) is 8.31. The van der Waals surface area contributed by atoms with Crippen molar-refractivity contribution in [3.05, 3.63) is 65.7 Å².